The van der Waals surface area contributed by atoms with Crippen molar-refractivity contribution in [1.29, 1.82) is 0 Å². The Balaban J connectivity index is 2.25. The van der Waals surface area contributed by atoms with Gasteiger partial charge in [0.25, 0.3) is 0 Å². The Kier molecular flexibility index (Phi) is 2.27. The molecule has 7 heteroatoms. The molecule has 1 atom stereocenters. The van der Waals surface area contributed by atoms with Crippen LogP contribution in [0.15, 0.2) is 0 Å². The highest BCUT2D eigenvalue weighted by Gasteiger charge is 2.60. The Morgan fingerprint density at radius 3 is 2.31 bits per heavy atom. The summed E-state index contributed by atoms with van der Waals surface area (Å²) in [4.78, 5) is 23.7. The van der Waals surface area contributed by atoms with Crippen LogP contribution in [0.3, 0.4) is 0 Å². The maximum Gasteiger partial charge on any atom is 0.309 e. The Hall–Kier alpha value is -1.11. The minimum absolute atomic E-state index is 0.110. The first kappa shape index (κ1) is 11.4. The van der Waals surface area contributed by atoms with Gasteiger partial charge in [0.2, 0.25) is 5.91 Å². The molecule has 0 bridgehead atoms. The SMILES string of the molecule is CC(=O)N1CC(C(=O)O)C2(C1)CS(=O)(=O)C2. The van der Waals surface area contributed by atoms with E-state index in [0.717, 1.165) is 0 Å². The number of hydrogen-bond acceptors (Lipinski definition) is 4. The average Bonchev–Trinajstić information content (AvgIpc) is 2.42. The average molecular weight is 247 g/mol. The lowest BCUT2D eigenvalue weighted by Gasteiger charge is -2.39. The molecule has 1 spiro atoms. The number of aliphatic carboxylic acids is 1. The lowest BCUT2D eigenvalue weighted by atomic mass is 9.81. The second-order valence-corrected chi connectivity index (χ2v) is 6.75. The molecule has 2 heterocycles. The summed E-state index contributed by atoms with van der Waals surface area (Å²) in [6.07, 6.45) is 0. The molecule has 16 heavy (non-hydrogen) atoms. The fraction of sp³-hybridized carbons (Fsp3) is 0.778. The van der Waals surface area contributed by atoms with E-state index >= 15 is 0 Å². The molecule has 0 aromatic heterocycles. The van der Waals surface area contributed by atoms with Gasteiger partial charge in [-0.2, -0.15) is 0 Å². The van der Waals surface area contributed by atoms with Crippen LogP contribution in [-0.4, -0.2) is 54.9 Å². The molecule has 2 aliphatic heterocycles. The van der Waals surface area contributed by atoms with Crippen LogP contribution in [0.2, 0.25) is 0 Å². The number of carboxylic acid groups (broad SMARTS) is 1. The van der Waals surface area contributed by atoms with Crippen LogP contribution in [0.1, 0.15) is 6.92 Å². The molecule has 0 aromatic rings. The van der Waals surface area contributed by atoms with Crippen LogP contribution in [0.5, 0.6) is 0 Å². The third kappa shape index (κ3) is 1.59. The standard InChI is InChI=1S/C9H13NO5S/c1-6(11)10-2-7(8(12)13)9(3-10)4-16(14,15)5-9/h7H,2-5H2,1H3,(H,12,13). The topological polar surface area (TPSA) is 91.8 Å². The number of carbonyl (C=O) groups is 2. The van der Waals surface area contributed by atoms with Crippen molar-refractivity contribution in [3.63, 3.8) is 0 Å². The van der Waals surface area contributed by atoms with E-state index in [2.05, 4.69) is 0 Å². The lowest BCUT2D eigenvalue weighted by molar-refractivity contribution is -0.144. The van der Waals surface area contributed by atoms with Crippen molar-refractivity contribution in [2.24, 2.45) is 11.3 Å². The molecule has 1 N–H and O–H groups in total. The second-order valence-electron chi connectivity index (χ2n) is 4.68. The Labute approximate surface area is 93.1 Å². The van der Waals surface area contributed by atoms with Gasteiger partial charge in [-0.3, -0.25) is 9.59 Å². The Bertz CT molecular complexity index is 443. The molecule has 2 rings (SSSR count). The number of amides is 1. The first-order valence-electron chi connectivity index (χ1n) is 4.94. The van der Waals surface area contributed by atoms with Gasteiger partial charge >= 0.3 is 5.97 Å². The zero-order valence-corrected chi connectivity index (χ0v) is 9.66. The zero-order chi connectivity index (χ0) is 12.1. The molecule has 2 aliphatic rings. The van der Waals surface area contributed by atoms with Gasteiger partial charge in [0.15, 0.2) is 9.84 Å². The highest BCUT2D eigenvalue weighted by molar-refractivity contribution is 7.92. The largest absolute Gasteiger partial charge is 0.481 e. The van der Waals surface area contributed by atoms with Crippen molar-refractivity contribution in [2.75, 3.05) is 24.6 Å². The summed E-state index contributed by atoms with van der Waals surface area (Å²) >= 11 is 0. The molecule has 2 fully saturated rings. The van der Waals surface area contributed by atoms with E-state index < -0.39 is 27.1 Å². The number of carboxylic acids is 1. The van der Waals surface area contributed by atoms with Crippen LogP contribution in [0.25, 0.3) is 0 Å². The van der Waals surface area contributed by atoms with Crippen LogP contribution >= 0.6 is 0 Å². The maximum absolute atomic E-state index is 11.2. The third-order valence-corrected chi connectivity index (χ3v) is 5.44. The van der Waals surface area contributed by atoms with Crippen molar-refractivity contribution in [1.82, 2.24) is 4.90 Å². The molecule has 0 aromatic carbocycles. The summed E-state index contributed by atoms with van der Waals surface area (Å²) in [7, 11) is -3.09. The molecular weight excluding hydrogens is 234 g/mol. The zero-order valence-electron chi connectivity index (χ0n) is 8.84. The van der Waals surface area contributed by atoms with Crippen LogP contribution in [0.4, 0.5) is 0 Å². The smallest absolute Gasteiger partial charge is 0.309 e. The van der Waals surface area contributed by atoms with Crippen molar-refractivity contribution < 1.29 is 23.1 Å². The third-order valence-electron chi connectivity index (χ3n) is 3.41. The van der Waals surface area contributed by atoms with Crippen molar-refractivity contribution in [3.05, 3.63) is 0 Å². The summed E-state index contributed by atoms with van der Waals surface area (Å²) in [5, 5.41) is 9.05. The molecular formula is C9H13NO5S. The summed E-state index contributed by atoms with van der Waals surface area (Å²) in [6.45, 7) is 1.74. The minimum Gasteiger partial charge on any atom is -0.481 e. The highest BCUT2D eigenvalue weighted by atomic mass is 32.2. The van der Waals surface area contributed by atoms with Gasteiger partial charge in [-0.05, 0) is 0 Å². The molecule has 0 saturated carbocycles. The normalized spacial score (nSPS) is 30.1. The second kappa shape index (κ2) is 3.19. The van der Waals surface area contributed by atoms with Crippen molar-refractivity contribution >= 4 is 21.7 Å². The van der Waals surface area contributed by atoms with Crippen molar-refractivity contribution in [2.45, 2.75) is 6.92 Å². The number of sulfone groups is 1. The van der Waals surface area contributed by atoms with Gasteiger partial charge in [0, 0.05) is 25.4 Å². The quantitative estimate of drug-likeness (QED) is 0.639. The number of hydrogen-bond donors (Lipinski definition) is 1. The summed E-state index contributed by atoms with van der Waals surface area (Å²) in [5.41, 5.74) is -0.740. The van der Waals surface area contributed by atoms with Gasteiger partial charge in [0.1, 0.15) is 0 Å². The van der Waals surface area contributed by atoms with E-state index in [1.54, 1.807) is 0 Å². The van der Waals surface area contributed by atoms with Gasteiger partial charge in [-0.25, -0.2) is 8.42 Å². The van der Waals surface area contributed by atoms with E-state index in [1.165, 1.54) is 11.8 Å². The lowest BCUT2D eigenvalue weighted by Crippen LogP contribution is -2.55. The summed E-state index contributed by atoms with van der Waals surface area (Å²) < 4.78 is 22.4. The van der Waals surface area contributed by atoms with Gasteiger partial charge < -0.3 is 10.0 Å². The molecule has 6 nitrogen and oxygen atoms in total. The number of nitrogens with zero attached hydrogens (tertiary/aromatic N) is 1. The van der Waals surface area contributed by atoms with Gasteiger partial charge in [-0.15, -0.1) is 0 Å². The molecule has 1 amide bonds. The predicted molar refractivity (Wildman–Crippen MR) is 54.5 cm³/mol. The summed E-state index contributed by atoms with van der Waals surface area (Å²) in [5.74, 6) is -2.19. The van der Waals surface area contributed by atoms with E-state index in [0.29, 0.717) is 0 Å². The minimum atomic E-state index is -3.09. The van der Waals surface area contributed by atoms with Gasteiger partial charge in [0.05, 0.1) is 17.4 Å². The molecule has 1 unspecified atom stereocenters. The van der Waals surface area contributed by atoms with Crippen LogP contribution in [-0.2, 0) is 19.4 Å². The van der Waals surface area contributed by atoms with E-state index in [4.69, 9.17) is 5.11 Å². The fourth-order valence-electron chi connectivity index (χ4n) is 2.67. The monoisotopic (exact) mass is 247 g/mol. The first-order valence-corrected chi connectivity index (χ1v) is 6.77. The number of likely N-dealkylation sites (tertiary alicyclic amines) is 1. The first-order chi connectivity index (χ1) is 7.26. The predicted octanol–water partition coefficient (Wildman–Crippen LogP) is -1.04. The van der Waals surface area contributed by atoms with Crippen LogP contribution in [0, 0.1) is 11.3 Å². The van der Waals surface area contributed by atoms with Gasteiger partial charge in [-0.1, -0.05) is 0 Å². The molecule has 2 saturated heterocycles. The highest BCUT2D eigenvalue weighted by Crippen LogP contribution is 2.45. The molecule has 0 radical (unpaired) electrons. The Morgan fingerprint density at radius 2 is 1.94 bits per heavy atom. The van der Waals surface area contributed by atoms with E-state index in [9.17, 15) is 18.0 Å². The number of carbonyl (C=O) groups excluding carboxylic acids is 1. The molecule has 90 valence electrons. The Morgan fingerprint density at radius 1 is 1.38 bits per heavy atom. The maximum atomic E-state index is 11.2. The number of rotatable bonds is 1. The van der Waals surface area contributed by atoms with E-state index in [1.807, 2.05) is 0 Å². The fourth-order valence-corrected chi connectivity index (χ4v) is 4.93. The van der Waals surface area contributed by atoms with Crippen LogP contribution < -0.4 is 0 Å². The summed E-state index contributed by atoms with van der Waals surface area (Å²) in [6, 6.07) is 0. The molecule has 0 aliphatic carbocycles. The van der Waals surface area contributed by atoms with E-state index in [-0.39, 0.29) is 30.5 Å². The van der Waals surface area contributed by atoms with Crippen molar-refractivity contribution in [3.8, 4) is 0 Å².